The maximum Gasteiger partial charge on any atom is 0.511 e. The van der Waals surface area contributed by atoms with E-state index in [4.69, 9.17) is 33.6 Å². The highest BCUT2D eigenvalue weighted by Gasteiger charge is 2.55. The highest BCUT2D eigenvalue weighted by molar-refractivity contribution is 7.46. The van der Waals surface area contributed by atoms with Gasteiger partial charge in [0.25, 0.3) is 11.8 Å². The van der Waals surface area contributed by atoms with E-state index in [9.17, 15) is 32.5 Å². The van der Waals surface area contributed by atoms with Crippen molar-refractivity contribution in [1.82, 2.24) is 14.8 Å². The maximum absolute atomic E-state index is 14.3. The molecule has 1 spiro atoms. The molecule has 1 aromatic heterocycles. The van der Waals surface area contributed by atoms with Crippen molar-refractivity contribution in [2.45, 2.75) is 82.9 Å². The van der Waals surface area contributed by atoms with Crippen LogP contribution in [0.3, 0.4) is 0 Å². The van der Waals surface area contributed by atoms with Crippen molar-refractivity contribution >= 4 is 31.7 Å². The molecule has 3 N–H and O–H groups in total. The maximum atomic E-state index is 14.3. The Kier molecular flexibility index (Phi) is 11.0. The molecular weight excluding hydrogens is 705 g/mol. The number of nitrogens with one attached hydrogen (secondary N) is 1. The van der Waals surface area contributed by atoms with Crippen molar-refractivity contribution in [1.29, 1.82) is 0 Å². The van der Waals surface area contributed by atoms with Gasteiger partial charge in [-0.25, -0.2) is 18.1 Å². The number of methoxy groups -OCH3 is 1. The number of phosphoric ester groups is 1. The largest absolute Gasteiger partial charge is 0.511 e. The molecule has 51 heavy (non-hydrogen) atoms. The fourth-order valence-electron chi connectivity index (χ4n) is 6.31. The number of oxime groups is 1. The van der Waals surface area contributed by atoms with Crippen molar-refractivity contribution in [2.75, 3.05) is 20.4 Å². The van der Waals surface area contributed by atoms with E-state index >= 15 is 0 Å². The molecule has 2 bridgehead atoms. The number of nitrogens with zero attached hydrogens (tertiary/aromatic N) is 3. The molecule has 0 saturated carbocycles. The quantitative estimate of drug-likeness (QED) is 0.172. The first kappa shape index (κ1) is 37.7. The van der Waals surface area contributed by atoms with Crippen molar-refractivity contribution in [2.24, 2.45) is 5.16 Å². The molecule has 2 amide bonds. The monoisotopic (exact) mass is 742 g/mol. The van der Waals surface area contributed by atoms with Gasteiger partial charge >= 0.3 is 14.0 Å². The van der Waals surface area contributed by atoms with Crippen LogP contribution in [-0.4, -0.2) is 87.4 Å². The zero-order chi connectivity index (χ0) is 37.2. The van der Waals surface area contributed by atoms with Gasteiger partial charge in [0.2, 0.25) is 23.9 Å². The normalized spacial score (nSPS) is 22.2. The fourth-order valence-corrected chi connectivity index (χ4v) is 6.99. The standard InChI is InChI=1S/C31H37F2N4O13P/c1-5-22(49-51(42,43)44)17(3)48-30(41)47-15-46-27-25-29(40)36-14-23(31(9-8-16(36)2)11-24(45-4)35-50-31)37(25)13-20(26(27)38)28(39)34-12-18-6-7-19(32)10-21(18)33/h6-7,10,13,16-17,22-23H,5,8-9,11-12,14-15H2,1-4H3,(H,34,39)(H2,42,43,44)/t16-,17-,22+,23+,31-/m0/s1. The Morgan fingerprint density at radius 2 is 2.00 bits per heavy atom. The Hall–Kier alpha value is -4.58. The first-order valence-electron chi connectivity index (χ1n) is 15.9. The van der Waals surface area contributed by atoms with Crippen LogP contribution < -0.4 is 15.5 Å². The van der Waals surface area contributed by atoms with Crippen LogP contribution in [0.4, 0.5) is 13.6 Å². The van der Waals surface area contributed by atoms with E-state index in [0.29, 0.717) is 24.8 Å². The van der Waals surface area contributed by atoms with E-state index in [0.717, 1.165) is 12.1 Å². The predicted octanol–water partition coefficient (Wildman–Crippen LogP) is 3.12. The van der Waals surface area contributed by atoms with Gasteiger partial charge in [-0.15, -0.1) is 0 Å². The lowest BCUT2D eigenvalue weighted by molar-refractivity contribution is -0.0660. The lowest BCUT2D eigenvalue weighted by atomic mass is 9.85. The van der Waals surface area contributed by atoms with Crippen molar-refractivity contribution in [3.8, 4) is 5.75 Å². The molecule has 0 unspecified atom stereocenters. The SMILES string of the molecule is CC[C@@H](OP(=O)(O)O)[C@H](C)OC(=O)OCOc1c2n(cc(C(=O)NCc3ccc(F)cc3F)c1=O)[C@@H]1CN(C2=O)[C@@H](C)CC[C@]12CC(OC)=NO2. The smallest absolute Gasteiger partial charge is 0.482 e. The zero-order valence-electron chi connectivity index (χ0n) is 28.0. The topological polar surface area (TPSA) is 214 Å². The summed E-state index contributed by atoms with van der Waals surface area (Å²) in [6.45, 7) is 3.35. The second-order valence-corrected chi connectivity index (χ2v) is 13.5. The highest BCUT2D eigenvalue weighted by atomic mass is 31.2. The molecule has 5 rings (SSSR count). The van der Waals surface area contributed by atoms with Crippen LogP contribution in [0, 0.1) is 11.6 Å². The minimum absolute atomic E-state index is 0.0575. The summed E-state index contributed by atoms with van der Waals surface area (Å²) in [5, 5.41) is 6.49. The summed E-state index contributed by atoms with van der Waals surface area (Å²) in [5.41, 5.74) is -2.99. The van der Waals surface area contributed by atoms with Gasteiger partial charge in [0, 0.05) is 37.0 Å². The van der Waals surface area contributed by atoms with E-state index < -0.39 is 91.4 Å². The molecule has 1 aromatic carbocycles. The molecule has 2 aromatic rings. The minimum Gasteiger partial charge on any atom is -0.482 e. The summed E-state index contributed by atoms with van der Waals surface area (Å²) in [6.07, 6.45) is -1.42. The van der Waals surface area contributed by atoms with E-state index in [1.807, 2.05) is 6.92 Å². The van der Waals surface area contributed by atoms with Gasteiger partial charge in [0.05, 0.1) is 19.6 Å². The third-order valence-corrected chi connectivity index (χ3v) is 9.61. The second-order valence-electron chi connectivity index (χ2n) is 12.3. The Balaban J connectivity index is 1.48. The molecule has 20 heteroatoms. The predicted molar refractivity (Wildman–Crippen MR) is 170 cm³/mol. The number of aromatic nitrogens is 1. The molecule has 5 atom stereocenters. The molecule has 278 valence electrons. The first-order chi connectivity index (χ1) is 24.1. The number of rotatable bonds is 11. The second kappa shape index (κ2) is 15.0. The molecule has 1 fully saturated rings. The molecule has 17 nitrogen and oxygen atoms in total. The van der Waals surface area contributed by atoms with Crippen molar-refractivity contribution < 1.29 is 65.8 Å². The average Bonchev–Trinajstić information content (AvgIpc) is 3.45. The van der Waals surface area contributed by atoms with Gasteiger partial charge in [-0.2, -0.15) is 0 Å². The van der Waals surface area contributed by atoms with Crippen molar-refractivity contribution in [3.05, 3.63) is 63.1 Å². The molecule has 3 aliphatic heterocycles. The molecule has 4 heterocycles. The van der Waals surface area contributed by atoms with Gasteiger partial charge < -0.3 is 48.4 Å². The molecule has 0 radical (unpaired) electrons. The molecule has 1 saturated heterocycles. The number of ether oxygens (including phenoxy) is 4. The fraction of sp³-hybridized carbons (Fsp3) is 0.516. The van der Waals surface area contributed by atoms with Crippen LogP contribution in [0.2, 0.25) is 0 Å². The van der Waals surface area contributed by atoms with E-state index in [2.05, 4.69) is 15.0 Å². The summed E-state index contributed by atoms with van der Waals surface area (Å²) in [6, 6.07) is 1.72. The van der Waals surface area contributed by atoms with Crippen LogP contribution in [0.1, 0.15) is 78.9 Å². The minimum atomic E-state index is -4.91. The first-order valence-corrected chi connectivity index (χ1v) is 17.4. The van der Waals surface area contributed by atoms with Crippen LogP contribution >= 0.6 is 7.82 Å². The summed E-state index contributed by atoms with van der Waals surface area (Å²) in [5.74, 6) is -3.71. The summed E-state index contributed by atoms with van der Waals surface area (Å²) >= 11 is 0. The number of fused-ring (bicyclic) bond motifs is 5. The van der Waals surface area contributed by atoms with Crippen LogP contribution in [0.15, 0.2) is 34.3 Å². The Bertz CT molecular complexity index is 1830. The van der Waals surface area contributed by atoms with Crippen LogP contribution in [0.5, 0.6) is 5.75 Å². The van der Waals surface area contributed by atoms with Gasteiger partial charge in [-0.3, -0.25) is 18.9 Å². The number of carbonyl (C=O) groups is 3. The van der Waals surface area contributed by atoms with Gasteiger partial charge in [0.15, 0.2) is 11.3 Å². The third-order valence-electron chi connectivity index (χ3n) is 9.06. The average molecular weight is 743 g/mol. The van der Waals surface area contributed by atoms with Gasteiger partial charge in [-0.05, 0) is 39.2 Å². The number of hydrogen-bond donors (Lipinski definition) is 3. The number of pyridine rings is 1. The number of amides is 2. The van der Waals surface area contributed by atoms with Crippen LogP contribution in [0.25, 0.3) is 0 Å². The molecular formula is C31H37F2N4O13P. The summed E-state index contributed by atoms with van der Waals surface area (Å²) in [4.78, 5) is 79.7. The lowest BCUT2D eigenvalue weighted by Crippen LogP contribution is -2.52. The van der Waals surface area contributed by atoms with Crippen molar-refractivity contribution in [3.63, 3.8) is 0 Å². The van der Waals surface area contributed by atoms with E-state index in [1.54, 1.807) is 6.92 Å². The molecule has 0 aliphatic carbocycles. The summed E-state index contributed by atoms with van der Waals surface area (Å²) < 4.78 is 66.0. The highest BCUT2D eigenvalue weighted by Crippen LogP contribution is 2.46. The Morgan fingerprint density at radius 1 is 1.25 bits per heavy atom. The summed E-state index contributed by atoms with van der Waals surface area (Å²) in [7, 11) is -3.48. The third kappa shape index (κ3) is 8.01. The lowest BCUT2D eigenvalue weighted by Gasteiger charge is -2.42. The number of phosphoric acid groups is 1. The van der Waals surface area contributed by atoms with Gasteiger partial charge in [0.1, 0.15) is 29.4 Å². The zero-order valence-corrected chi connectivity index (χ0v) is 28.9. The van der Waals surface area contributed by atoms with Crippen LogP contribution in [-0.2, 0) is 34.7 Å². The number of carbonyl (C=O) groups excluding carboxylic acids is 3. The Morgan fingerprint density at radius 3 is 2.65 bits per heavy atom. The van der Waals surface area contributed by atoms with E-state index in [-0.39, 0.29) is 36.7 Å². The van der Waals surface area contributed by atoms with Gasteiger partial charge in [-0.1, -0.05) is 18.1 Å². The van der Waals surface area contributed by atoms with E-state index in [1.165, 1.54) is 29.7 Å². The number of halogens is 2. The number of hydrogen-bond acceptors (Lipinski definition) is 12. The number of benzene rings is 1. The Labute approximate surface area is 289 Å². The molecule has 3 aliphatic rings.